The first-order valence-electron chi connectivity index (χ1n) is 6.55. The van der Waals surface area contributed by atoms with E-state index in [4.69, 9.17) is 16.0 Å². The zero-order valence-corrected chi connectivity index (χ0v) is 13.0. The molecule has 0 atom stereocenters. The fraction of sp³-hybridized carbons (Fsp3) is 0.125. The van der Waals surface area contributed by atoms with E-state index in [1.54, 1.807) is 11.3 Å². The third-order valence-electron chi connectivity index (χ3n) is 3.63. The average molecular weight is 315 g/mol. The van der Waals surface area contributed by atoms with Crippen molar-refractivity contribution in [2.45, 2.75) is 13.8 Å². The van der Waals surface area contributed by atoms with Crippen molar-refractivity contribution >= 4 is 44.1 Å². The maximum Gasteiger partial charge on any atom is 0.198 e. The Kier molecular flexibility index (Phi) is 2.77. The molecule has 0 amide bonds. The summed E-state index contributed by atoms with van der Waals surface area (Å²) in [5.74, 6) is 1.17. The first-order valence-corrected chi connectivity index (χ1v) is 7.75. The van der Waals surface area contributed by atoms with Gasteiger partial charge in [0.15, 0.2) is 11.6 Å². The average Bonchev–Trinajstić information content (AvgIpc) is 3.01. The topological polar surface area (TPSA) is 38.9 Å². The molecule has 3 aromatic heterocycles. The molecule has 0 radical (unpaired) electrons. The lowest BCUT2D eigenvalue weighted by Crippen LogP contribution is -1.88. The molecule has 0 saturated heterocycles. The first-order chi connectivity index (χ1) is 10.1. The Hall–Kier alpha value is -1.91. The second-order valence-electron chi connectivity index (χ2n) is 4.95. The van der Waals surface area contributed by atoms with E-state index in [1.165, 1.54) is 4.88 Å². The van der Waals surface area contributed by atoms with Crippen LogP contribution in [0.15, 0.2) is 34.7 Å². The second-order valence-corrected chi connectivity index (χ2v) is 6.51. The Morgan fingerprint density at radius 2 is 1.95 bits per heavy atom. The van der Waals surface area contributed by atoms with Gasteiger partial charge in [0.1, 0.15) is 15.6 Å². The lowest BCUT2D eigenvalue weighted by Gasteiger charge is -1.99. The van der Waals surface area contributed by atoms with Gasteiger partial charge >= 0.3 is 0 Å². The van der Waals surface area contributed by atoms with Gasteiger partial charge in [-0.05, 0) is 31.5 Å². The molecule has 0 fully saturated rings. The van der Waals surface area contributed by atoms with E-state index in [2.05, 4.69) is 16.9 Å². The predicted molar refractivity (Wildman–Crippen MR) is 87.1 cm³/mol. The summed E-state index contributed by atoms with van der Waals surface area (Å²) in [4.78, 5) is 11.1. The lowest BCUT2D eigenvalue weighted by atomic mass is 10.2. The maximum atomic E-state index is 6.34. The van der Waals surface area contributed by atoms with Crippen LogP contribution in [0, 0.1) is 13.8 Å². The number of halogens is 1. The van der Waals surface area contributed by atoms with Crippen molar-refractivity contribution < 1.29 is 4.42 Å². The number of hydrogen-bond donors (Lipinski definition) is 0. The summed E-state index contributed by atoms with van der Waals surface area (Å²) < 4.78 is 5.82. The van der Waals surface area contributed by atoms with Crippen molar-refractivity contribution in [3.05, 3.63) is 45.9 Å². The number of hydrogen-bond acceptors (Lipinski definition) is 4. The highest BCUT2D eigenvalue weighted by Gasteiger charge is 2.16. The van der Waals surface area contributed by atoms with Crippen LogP contribution in [-0.2, 0) is 0 Å². The molecule has 3 heterocycles. The normalized spacial score (nSPS) is 11.6. The summed E-state index contributed by atoms with van der Waals surface area (Å²) in [6, 6.07) is 9.80. The van der Waals surface area contributed by atoms with Gasteiger partial charge in [-0.3, -0.25) is 0 Å². The second kappa shape index (κ2) is 4.55. The van der Waals surface area contributed by atoms with Gasteiger partial charge in [0, 0.05) is 10.3 Å². The molecule has 0 bridgehead atoms. The summed E-state index contributed by atoms with van der Waals surface area (Å²) in [7, 11) is 0. The Labute approximate surface area is 130 Å². The summed E-state index contributed by atoms with van der Waals surface area (Å²) >= 11 is 7.97. The van der Waals surface area contributed by atoms with E-state index in [0.717, 1.165) is 26.7 Å². The van der Waals surface area contributed by atoms with Crippen LogP contribution in [0.1, 0.15) is 10.4 Å². The summed E-state index contributed by atoms with van der Waals surface area (Å²) in [5.41, 5.74) is 1.97. The van der Waals surface area contributed by atoms with Crippen molar-refractivity contribution in [1.82, 2.24) is 9.97 Å². The number of rotatable bonds is 1. The minimum atomic E-state index is 0.484. The van der Waals surface area contributed by atoms with Crippen molar-refractivity contribution in [1.29, 1.82) is 0 Å². The highest BCUT2D eigenvalue weighted by molar-refractivity contribution is 7.18. The molecular formula is C16H11ClN2OS. The van der Waals surface area contributed by atoms with Crippen LogP contribution in [0.5, 0.6) is 0 Å². The molecule has 3 nitrogen and oxygen atoms in total. The van der Waals surface area contributed by atoms with Crippen LogP contribution >= 0.6 is 22.9 Å². The van der Waals surface area contributed by atoms with Crippen LogP contribution < -0.4 is 0 Å². The third kappa shape index (κ3) is 1.94. The van der Waals surface area contributed by atoms with E-state index in [1.807, 2.05) is 37.3 Å². The molecule has 5 heteroatoms. The van der Waals surface area contributed by atoms with Crippen LogP contribution in [0.2, 0.25) is 5.15 Å². The van der Waals surface area contributed by atoms with Crippen LogP contribution in [-0.4, -0.2) is 9.97 Å². The Morgan fingerprint density at radius 3 is 2.76 bits per heavy atom. The van der Waals surface area contributed by atoms with Gasteiger partial charge in [0.25, 0.3) is 0 Å². The molecule has 0 aliphatic carbocycles. The highest BCUT2D eigenvalue weighted by atomic mass is 35.5. The number of nitrogens with zero attached hydrogens (tertiary/aromatic N) is 2. The summed E-state index contributed by atoms with van der Waals surface area (Å²) in [6.45, 7) is 4.11. The fourth-order valence-corrected chi connectivity index (χ4v) is 3.80. The molecule has 0 spiro atoms. The van der Waals surface area contributed by atoms with Gasteiger partial charge in [0.2, 0.25) is 0 Å². The van der Waals surface area contributed by atoms with Gasteiger partial charge in [-0.25, -0.2) is 9.97 Å². The van der Waals surface area contributed by atoms with Gasteiger partial charge in [-0.15, -0.1) is 11.3 Å². The predicted octanol–water partition coefficient (Wildman–Crippen LogP) is 5.37. The monoisotopic (exact) mass is 314 g/mol. The molecule has 104 valence electrons. The molecule has 0 unspecified atom stereocenters. The number of benzene rings is 1. The standard InChI is InChI=1S/C16H11ClN2OS/c1-8-9(2)21-16-13(8)14(17)18-15(19-16)12-7-10-5-3-4-6-11(10)20-12/h3-7H,1-2H3. The molecule has 0 saturated carbocycles. The highest BCUT2D eigenvalue weighted by Crippen LogP contribution is 2.35. The Bertz CT molecular complexity index is 954. The summed E-state index contributed by atoms with van der Waals surface area (Å²) in [5, 5.41) is 2.46. The lowest BCUT2D eigenvalue weighted by molar-refractivity contribution is 0.626. The molecule has 4 aromatic rings. The van der Waals surface area contributed by atoms with Crippen molar-refractivity contribution in [2.24, 2.45) is 0 Å². The minimum absolute atomic E-state index is 0.484. The maximum absolute atomic E-state index is 6.34. The summed E-state index contributed by atoms with van der Waals surface area (Å²) in [6.07, 6.45) is 0. The molecule has 4 rings (SSSR count). The van der Waals surface area contributed by atoms with Crippen molar-refractivity contribution in [2.75, 3.05) is 0 Å². The number of furan rings is 1. The van der Waals surface area contributed by atoms with Crippen molar-refractivity contribution in [3.8, 4) is 11.6 Å². The molecule has 21 heavy (non-hydrogen) atoms. The molecular weight excluding hydrogens is 304 g/mol. The fourth-order valence-electron chi connectivity index (χ4n) is 2.40. The van der Waals surface area contributed by atoms with Gasteiger partial charge < -0.3 is 4.42 Å². The Morgan fingerprint density at radius 1 is 1.14 bits per heavy atom. The van der Waals surface area contributed by atoms with Gasteiger partial charge in [-0.1, -0.05) is 29.8 Å². The number of thiophene rings is 1. The zero-order chi connectivity index (χ0) is 14.6. The van der Waals surface area contributed by atoms with E-state index >= 15 is 0 Å². The van der Waals surface area contributed by atoms with E-state index in [9.17, 15) is 0 Å². The van der Waals surface area contributed by atoms with Crippen molar-refractivity contribution in [3.63, 3.8) is 0 Å². The van der Waals surface area contributed by atoms with Gasteiger partial charge in [-0.2, -0.15) is 0 Å². The number of aryl methyl sites for hydroxylation is 2. The van der Waals surface area contributed by atoms with Crippen LogP contribution in [0.3, 0.4) is 0 Å². The van der Waals surface area contributed by atoms with Gasteiger partial charge in [0.05, 0.1) is 5.39 Å². The van der Waals surface area contributed by atoms with Crippen LogP contribution in [0.4, 0.5) is 0 Å². The van der Waals surface area contributed by atoms with E-state index in [-0.39, 0.29) is 0 Å². The van der Waals surface area contributed by atoms with E-state index in [0.29, 0.717) is 16.7 Å². The minimum Gasteiger partial charge on any atom is -0.453 e. The Balaban J connectivity index is 1.97. The zero-order valence-electron chi connectivity index (χ0n) is 11.5. The van der Waals surface area contributed by atoms with E-state index < -0.39 is 0 Å². The molecule has 0 aliphatic heterocycles. The first kappa shape index (κ1) is 12.8. The quantitative estimate of drug-likeness (QED) is 0.443. The molecule has 0 aliphatic rings. The molecule has 0 N–H and O–H groups in total. The van der Waals surface area contributed by atoms with Crippen LogP contribution in [0.25, 0.3) is 32.8 Å². The number of aromatic nitrogens is 2. The molecule has 1 aromatic carbocycles. The number of para-hydroxylation sites is 1. The largest absolute Gasteiger partial charge is 0.453 e. The SMILES string of the molecule is Cc1sc2nc(-c3cc4ccccc4o3)nc(Cl)c2c1C. The number of fused-ring (bicyclic) bond motifs is 2. The third-order valence-corrected chi connectivity index (χ3v) is 5.01. The smallest absolute Gasteiger partial charge is 0.198 e.